The number of thiophene rings is 6. The number of ether oxygens (including phenoxy) is 2. The van der Waals surface area contributed by atoms with Gasteiger partial charge in [0.15, 0.2) is 0 Å². The zero-order valence-electron chi connectivity index (χ0n) is 22.7. The van der Waals surface area contributed by atoms with E-state index in [1.165, 1.54) is 61.9 Å². The third-order valence-electron chi connectivity index (χ3n) is 6.66. The van der Waals surface area contributed by atoms with Gasteiger partial charge in [0.05, 0.1) is 63.6 Å². The van der Waals surface area contributed by atoms with Gasteiger partial charge in [-0.15, -0.1) is 45.3 Å². The average Bonchev–Trinajstić information content (AvgIpc) is 3.86. The van der Waals surface area contributed by atoms with Crippen LogP contribution in [0.15, 0.2) is 34.3 Å². The third kappa shape index (κ3) is 4.30. The van der Waals surface area contributed by atoms with Crippen LogP contribution in [0.25, 0.3) is 68.4 Å². The lowest BCUT2D eigenvalue weighted by Gasteiger charge is -1.98. The molecule has 7 aromatic heterocycles. The summed E-state index contributed by atoms with van der Waals surface area (Å²) in [5.74, 6) is 0.914. The predicted octanol–water partition coefficient (Wildman–Crippen LogP) is 10.3. The number of aliphatic imine (C=N–C) groups is 2. The van der Waals surface area contributed by atoms with Crippen molar-refractivity contribution >= 4 is 129 Å². The van der Waals surface area contributed by atoms with Crippen LogP contribution >= 0.6 is 68.0 Å². The summed E-state index contributed by atoms with van der Waals surface area (Å²) >= 11 is 9.76. The van der Waals surface area contributed by atoms with Crippen LogP contribution < -0.4 is 9.47 Å². The highest BCUT2D eigenvalue weighted by atomic mass is 32.1. The lowest BCUT2D eigenvalue weighted by atomic mass is 10.3. The standard InChI is InChI=1S/C29H13N7O2S6/c1-32-18(10-30)34-20-6-12(37-4)24(43-20)14-8-16-26(39-14)22-28(41-16)29-23(36(22)3)27-17(42-29)9-15(40-27)25-13(38-5)7-21(44-25)35-19(11-31)33-2/h6-9H,3-5H3. The molecule has 0 spiro atoms. The molecule has 0 amide bonds. The van der Waals surface area contributed by atoms with Crippen LogP contribution in [0, 0.1) is 35.8 Å². The van der Waals surface area contributed by atoms with Crippen LogP contribution in [0.1, 0.15) is 0 Å². The summed E-state index contributed by atoms with van der Waals surface area (Å²) in [5, 5.41) is 19.4. The third-order valence-corrected chi connectivity index (χ3v) is 14.0. The van der Waals surface area contributed by atoms with Gasteiger partial charge in [-0.3, -0.25) is 0 Å². The van der Waals surface area contributed by atoms with Gasteiger partial charge in [0.25, 0.3) is 0 Å². The Morgan fingerprint density at radius 3 is 1.50 bits per heavy atom. The summed E-state index contributed by atoms with van der Waals surface area (Å²) < 4.78 is 20.9. The number of aromatic nitrogens is 1. The first-order chi connectivity index (χ1) is 21.4. The predicted molar refractivity (Wildman–Crippen MR) is 185 cm³/mol. The van der Waals surface area contributed by atoms with E-state index < -0.39 is 0 Å². The molecule has 9 nitrogen and oxygen atoms in total. The first-order valence-corrected chi connectivity index (χ1v) is 17.3. The van der Waals surface area contributed by atoms with E-state index >= 15 is 0 Å². The normalized spacial score (nSPS) is 12.2. The minimum Gasteiger partial charge on any atom is -0.495 e. The van der Waals surface area contributed by atoms with Crippen molar-refractivity contribution in [2.45, 2.75) is 0 Å². The second-order valence-corrected chi connectivity index (χ2v) is 15.3. The molecule has 0 saturated carbocycles. The largest absolute Gasteiger partial charge is 0.495 e. The van der Waals surface area contributed by atoms with Crippen molar-refractivity contribution in [2.75, 3.05) is 14.2 Å². The van der Waals surface area contributed by atoms with Crippen molar-refractivity contribution in [3.05, 3.63) is 47.1 Å². The molecule has 0 bridgehead atoms. The molecule has 0 radical (unpaired) electrons. The summed E-state index contributed by atoms with van der Waals surface area (Å²) in [5.41, 5.74) is 2.39. The highest BCUT2D eigenvalue weighted by Crippen LogP contribution is 2.55. The molecular formula is C29H13N7O2S6. The van der Waals surface area contributed by atoms with Crippen molar-refractivity contribution in [3.63, 3.8) is 0 Å². The Hall–Kier alpha value is -4.58. The minimum absolute atomic E-state index is 0.207. The molecule has 0 aliphatic rings. The van der Waals surface area contributed by atoms with Gasteiger partial charge in [-0.25, -0.2) is 10.5 Å². The fraction of sp³-hybridized carbons (Fsp3) is 0.103. The van der Waals surface area contributed by atoms with Crippen molar-refractivity contribution in [1.82, 2.24) is 4.57 Å². The topological polar surface area (TPSA) is 104 Å². The van der Waals surface area contributed by atoms with Crippen molar-refractivity contribution in [2.24, 2.45) is 17.0 Å². The molecule has 7 heterocycles. The molecule has 0 aromatic carbocycles. The number of nitriles is 2. The summed E-state index contributed by atoms with van der Waals surface area (Å²) in [6.07, 6.45) is 0. The van der Waals surface area contributed by atoms with E-state index in [0.29, 0.717) is 21.5 Å². The molecule has 0 N–H and O–H groups in total. The van der Waals surface area contributed by atoms with Gasteiger partial charge >= 0.3 is 11.7 Å². The number of nitrogens with zero attached hydrogens (tertiary/aromatic N) is 7. The Morgan fingerprint density at radius 2 is 1.14 bits per heavy atom. The maximum atomic E-state index is 9.12. The van der Waals surface area contributed by atoms with E-state index in [-0.39, 0.29) is 11.7 Å². The van der Waals surface area contributed by atoms with Crippen LogP contribution in [-0.2, 0) is 7.05 Å². The van der Waals surface area contributed by atoms with E-state index in [4.69, 9.17) is 33.1 Å². The van der Waals surface area contributed by atoms with Crippen LogP contribution in [0.2, 0.25) is 0 Å². The Morgan fingerprint density at radius 1 is 0.705 bits per heavy atom. The quantitative estimate of drug-likeness (QED) is 0.0988. The Balaban J connectivity index is 1.34. The number of amidine groups is 2. The Kier molecular flexibility index (Phi) is 6.95. The van der Waals surface area contributed by atoms with Gasteiger partial charge < -0.3 is 23.7 Å². The summed E-state index contributed by atoms with van der Waals surface area (Å²) in [4.78, 5) is 18.6. The second kappa shape index (κ2) is 10.8. The smallest absolute Gasteiger partial charge is 0.350 e. The maximum absolute atomic E-state index is 9.12. The van der Waals surface area contributed by atoms with E-state index in [2.05, 4.69) is 43.4 Å². The van der Waals surface area contributed by atoms with E-state index in [1.807, 2.05) is 12.1 Å². The van der Waals surface area contributed by atoms with Crippen molar-refractivity contribution in [1.29, 1.82) is 10.5 Å². The zero-order chi connectivity index (χ0) is 30.7. The number of hydrogen-bond donors (Lipinski definition) is 0. The second-order valence-electron chi connectivity index (χ2n) is 9.01. The van der Waals surface area contributed by atoms with Gasteiger partial charge in [-0.2, -0.15) is 0 Å². The first-order valence-electron chi connectivity index (χ1n) is 12.4. The molecule has 0 atom stereocenters. The molecular weight excluding hydrogens is 671 g/mol. The van der Waals surface area contributed by atoms with E-state index in [0.717, 1.165) is 19.5 Å². The number of rotatable bonds is 6. The van der Waals surface area contributed by atoms with Crippen LogP contribution in [0.3, 0.4) is 0 Å². The van der Waals surface area contributed by atoms with Gasteiger partial charge in [0.2, 0.25) is 10.0 Å². The number of hydrogen-bond acceptors (Lipinski definition) is 12. The fourth-order valence-corrected chi connectivity index (χ4v) is 12.6. The van der Waals surface area contributed by atoms with Crippen molar-refractivity contribution < 1.29 is 9.47 Å². The van der Waals surface area contributed by atoms with Gasteiger partial charge in [-0.1, -0.05) is 45.8 Å². The highest BCUT2D eigenvalue weighted by Gasteiger charge is 2.25. The molecule has 7 aromatic rings. The summed E-state index contributed by atoms with van der Waals surface area (Å²) in [7, 11) is 5.33. The molecule has 0 aliphatic carbocycles. The lowest BCUT2D eigenvalue weighted by Crippen LogP contribution is -1.84. The van der Waals surface area contributed by atoms with E-state index in [9.17, 15) is 0 Å². The maximum Gasteiger partial charge on any atom is 0.350 e. The van der Waals surface area contributed by atoms with Crippen LogP contribution in [0.4, 0.5) is 10.0 Å². The molecule has 0 fully saturated rings. The Bertz CT molecular complexity index is 2340. The molecule has 0 unspecified atom stereocenters. The van der Waals surface area contributed by atoms with E-state index in [1.54, 1.807) is 71.7 Å². The zero-order valence-corrected chi connectivity index (χ0v) is 27.6. The molecule has 0 aliphatic heterocycles. The average molecular weight is 684 g/mol. The molecule has 44 heavy (non-hydrogen) atoms. The first kappa shape index (κ1) is 28.2. The summed E-state index contributed by atoms with van der Waals surface area (Å²) in [6.45, 7) is 14.3. The monoisotopic (exact) mass is 683 g/mol. The lowest BCUT2D eigenvalue weighted by molar-refractivity contribution is 0.418. The number of methoxy groups -OCH3 is 2. The Labute approximate surface area is 273 Å². The van der Waals surface area contributed by atoms with Gasteiger partial charge in [0.1, 0.15) is 23.6 Å². The minimum atomic E-state index is -0.207. The molecule has 15 heteroatoms. The summed E-state index contributed by atoms with van der Waals surface area (Å²) in [6, 6.07) is 11.5. The molecule has 7 rings (SSSR count). The highest BCUT2D eigenvalue weighted by molar-refractivity contribution is 7.40. The van der Waals surface area contributed by atoms with Crippen molar-refractivity contribution in [3.8, 4) is 43.1 Å². The fourth-order valence-electron chi connectivity index (χ4n) is 4.85. The van der Waals surface area contributed by atoms with Gasteiger partial charge in [-0.05, 0) is 12.1 Å². The SMILES string of the molecule is [C-]#[N+]C(C#N)=Nc1cc(OC)c(-c2cc3sc4c5sc6cc(-c7sc(N=C(C#N)[N+]#[C-])cc7OC)sc6c5n(C)c4c3s2)s1. The van der Waals surface area contributed by atoms with Crippen LogP contribution in [0.5, 0.6) is 11.5 Å². The molecule has 0 saturated heterocycles. The number of fused-ring (bicyclic) bond motifs is 7. The number of aryl methyl sites for hydroxylation is 1. The van der Waals surface area contributed by atoms with Crippen LogP contribution in [-0.4, -0.2) is 30.5 Å². The molecule has 212 valence electrons. The van der Waals surface area contributed by atoms with Gasteiger partial charge in [0, 0.05) is 28.6 Å².